The highest BCUT2D eigenvalue weighted by atomic mass is 16.5. The number of rotatable bonds is 5. The Balaban J connectivity index is 2.26. The monoisotopic (exact) mass is 287 g/mol. The van der Waals surface area contributed by atoms with Gasteiger partial charge in [-0.1, -0.05) is 0 Å². The van der Waals surface area contributed by atoms with E-state index in [1.807, 2.05) is 39.1 Å². The number of ether oxygens (including phenoxy) is 2. The lowest BCUT2D eigenvalue weighted by atomic mass is 10.1. The van der Waals surface area contributed by atoms with E-state index >= 15 is 0 Å². The van der Waals surface area contributed by atoms with Crippen LogP contribution in [0.25, 0.3) is 0 Å². The molecule has 0 atom stereocenters. The lowest BCUT2D eigenvalue weighted by molar-refractivity contribution is 0.393. The number of aryl methyl sites for hydroxylation is 1. The van der Waals surface area contributed by atoms with E-state index in [4.69, 9.17) is 9.47 Å². The van der Waals surface area contributed by atoms with Crippen molar-refractivity contribution in [3.63, 3.8) is 0 Å². The predicted molar refractivity (Wildman–Crippen MR) is 83.2 cm³/mol. The molecule has 21 heavy (non-hydrogen) atoms. The number of aromatic nitrogens is 2. The molecule has 0 saturated carbocycles. The second kappa shape index (κ2) is 6.43. The van der Waals surface area contributed by atoms with Crippen LogP contribution in [0.3, 0.4) is 0 Å². The average molecular weight is 287 g/mol. The molecule has 0 aliphatic carbocycles. The summed E-state index contributed by atoms with van der Waals surface area (Å²) < 4.78 is 10.6. The van der Waals surface area contributed by atoms with Gasteiger partial charge in [-0.15, -0.1) is 0 Å². The smallest absolute Gasteiger partial charge is 0.135 e. The van der Waals surface area contributed by atoms with Gasteiger partial charge in [-0.25, -0.2) is 9.97 Å². The summed E-state index contributed by atoms with van der Waals surface area (Å²) in [6.07, 6.45) is 1.60. The average Bonchev–Trinajstić information content (AvgIpc) is 2.49. The zero-order valence-electron chi connectivity index (χ0n) is 13.2. The highest BCUT2D eigenvalue weighted by Gasteiger charge is 2.10. The molecule has 0 unspecified atom stereocenters. The molecule has 5 nitrogen and oxygen atoms in total. The normalized spacial score (nSPS) is 10.3. The molecule has 0 aliphatic rings. The van der Waals surface area contributed by atoms with Gasteiger partial charge in [0, 0.05) is 30.9 Å². The summed E-state index contributed by atoms with van der Waals surface area (Å²) >= 11 is 0. The Labute approximate surface area is 125 Å². The van der Waals surface area contributed by atoms with Gasteiger partial charge in [0.15, 0.2) is 0 Å². The Morgan fingerprint density at radius 3 is 2.19 bits per heavy atom. The maximum Gasteiger partial charge on any atom is 0.135 e. The number of benzene rings is 1. The van der Waals surface area contributed by atoms with Gasteiger partial charge in [0.2, 0.25) is 0 Å². The fourth-order valence-corrected chi connectivity index (χ4v) is 2.22. The van der Waals surface area contributed by atoms with Crippen LogP contribution in [0.15, 0.2) is 24.5 Å². The van der Waals surface area contributed by atoms with Crippen LogP contribution in [-0.4, -0.2) is 31.2 Å². The molecule has 0 amide bonds. The van der Waals surface area contributed by atoms with Crippen molar-refractivity contribution in [2.45, 2.75) is 20.4 Å². The van der Waals surface area contributed by atoms with Crippen molar-refractivity contribution in [3.05, 3.63) is 41.3 Å². The number of methoxy groups -OCH3 is 2. The molecule has 1 aromatic carbocycles. The van der Waals surface area contributed by atoms with Crippen molar-refractivity contribution < 1.29 is 9.47 Å². The molecule has 5 heteroatoms. The first-order chi connectivity index (χ1) is 10.0. The van der Waals surface area contributed by atoms with Crippen molar-refractivity contribution in [3.8, 4) is 11.5 Å². The third-order valence-electron chi connectivity index (χ3n) is 3.50. The van der Waals surface area contributed by atoms with Crippen LogP contribution in [0, 0.1) is 13.8 Å². The zero-order valence-corrected chi connectivity index (χ0v) is 13.2. The van der Waals surface area contributed by atoms with E-state index in [2.05, 4.69) is 14.9 Å². The quantitative estimate of drug-likeness (QED) is 0.846. The Bertz CT molecular complexity index is 607. The largest absolute Gasteiger partial charge is 0.497 e. The van der Waals surface area contributed by atoms with Gasteiger partial charge in [-0.3, -0.25) is 0 Å². The standard InChI is InChI=1S/C16H21N3O2/c1-11-12(2)17-10-18-16(11)19(3)9-13-6-14(20-4)8-15(7-13)21-5/h6-8,10H,9H2,1-5H3. The van der Waals surface area contributed by atoms with Crippen LogP contribution < -0.4 is 14.4 Å². The van der Waals surface area contributed by atoms with E-state index < -0.39 is 0 Å². The van der Waals surface area contributed by atoms with Gasteiger partial charge < -0.3 is 14.4 Å². The lowest BCUT2D eigenvalue weighted by Gasteiger charge is -2.21. The third-order valence-corrected chi connectivity index (χ3v) is 3.50. The van der Waals surface area contributed by atoms with E-state index in [0.717, 1.165) is 34.1 Å². The first kappa shape index (κ1) is 15.1. The minimum Gasteiger partial charge on any atom is -0.497 e. The maximum absolute atomic E-state index is 5.30. The molecule has 0 fully saturated rings. The summed E-state index contributed by atoms with van der Waals surface area (Å²) in [4.78, 5) is 10.7. The molecule has 2 aromatic rings. The van der Waals surface area contributed by atoms with Crippen molar-refractivity contribution in [1.29, 1.82) is 0 Å². The van der Waals surface area contributed by atoms with E-state index in [-0.39, 0.29) is 0 Å². The molecule has 0 aliphatic heterocycles. The van der Waals surface area contributed by atoms with Gasteiger partial charge in [0.05, 0.1) is 14.2 Å². The molecule has 1 aromatic heterocycles. The Morgan fingerprint density at radius 1 is 1.00 bits per heavy atom. The minimum atomic E-state index is 0.713. The van der Waals surface area contributed by atoms with Crippen LogP contribution in [0.4, 0.5) is 5.82 Å². The van der Waals surface area contributed by atoms with E-state index in [0.29, 0.717) is 6.54 Å². The molecule has 0 bridgehead atoms. The highest BCUT2D eigenvalue weighted by molar-refractivity contribution is 5.48. The van der Waals surface area contributed by atoms with Crippen molar-refractivity contribution in [2.24, 2.45) is 0 Å². The number of hydrogen-bond acceptors (Lipinski definition) is 5. The van der Waals surface area contributed by atoms with Crippen LogP contribution in [0.5, 0.6) is 11.5 Å². The van der Waals surface area contributed by atoms with E-state index in [1.165, 1.54) is 0 Å². The molecular formula is C16H21N3O2. The maximum atomic E-state index is 5.30. The summed E-state index contributed by atoms with van der Waals surface area (Å²) in [5.41, 5.74) is 3.19. The molecule has 1 heterocycles. The molecular weight excluding hydrogens is 266 g/mol. The predicted octanol–water partition coefficient (Wildman–Crippen LogP) is 2.75. The molecule has 0 N–H and O–H groups in total. The first-order valence-corrected chi connectivity index (χ1v) is 6.76. The van der Waals surface area contributed by atoms with Crippen LogP contribution in [-0.2, 0) is 6.54 Å². The van der Waals surface area contributed by atoms with E-state index in [1.54, 1.807) is 20.5 Å². The Morgan fingerprint density at radius 2 is 1.62 bits per heavy atom. The zero-order chi connectivity index (χ0) is 15.4. The molecule has 0 spiro atoms. The minimum absolute atomic E-state index is 0.713. The van der Waals surface area contributed by atoms with Gasteiger partial charge >= 0.3 is 0 Å². The van der Waals surface area contributed by atoms with Crippen molar-refractivity contribution in [1.82, 2.24) is 9.97 Å². The summed E-state index contributed by atoms with van der Waals surface area (Å²) in [5, 5.41) is 0. The van der Waals surface area contributed by atoms with Crippen LogP contribution in [0.1, 0.15) is 16.8 Å². The molecule has 2 rings (SSSR count). The fraction of sp³-hybridized carbons (Fsp3) is 0.375. The van der Waals surface area contributed by atoms with Crippen molar-refractivity contribution >= 4 is 5.82 Å². The van der Waals surface area contributed by atoms with Crippen molar-refractivity contribution in [2.75, 3.05) is 26.2 Å². The second-order valence-electron chi connectivity index (χ2n) is 4.98. The number of nitrogens with zero attached hydrogens (tertiary/aromatic N) is 3. The summed E-state index contributed by atoms with van der Waals surface area (Å²) in [7, 11) is 5.32. The topological polar surface area (TPSA) is 47.5 Å². The lowest BCUT2D eigenvalue weighted by Crippen LogP contribution is -2.19. The molecule has 0 radical (unpaired) electrons. The van der Waals surface area contributed by atoms with Crippen LogP contribution >= 0.6 is 0 Å². The highest BCUT2D eigenvalue weighted by Crippen LogP contribution is 2.25. The first-order valence-electron chi connectivity index (χ1n) is 6.76. The second-order valence-corrected chi connectivity index (χ2v) is 4.98. The SMILES string of the molecule is COc1cc(CN(C)c2ncnc(C)c2C)cc(OC)c1. The van der Waals surface area contributed by atoms with E-state index in [9.17, 15) is 0 Å². The third kappa shape index (κ3) is 3.42. The molecule has 0 saturated heterocycles. The summed E-state index contributed by atoms with van der Waals surface area (Å²) in [6, 6.07) is 5.87. The fourth-order valence-electron chi connectivity index (χ4n) is 2.22. The van der Waals surface area contributed by atoms with Gasteiger partial charge in [-0.2, -0.15) is 0 Å². The van der Waals surface area contributed by atoms with Gasteiger partial charge in [0.1, 0.15) is 23.6 Å². The van der Waals surface area contributed by atoms with Gasteiger partial charge in [-0.05, 0) is 31.5 Å². The molecule has 112 valence electrons. The van der Waals surface area contributed by atoms with Gasteiger partial charge in [0.25, 0.3) is 0 Å². The Hall–Kier alpha value is -2.30. The number of hydrogen-bond donors (Lipinski definition) is 0. The summed E-state index contributed by atoms with van der Waals surface area (Å²) in [6.45, 7) is 4.74. The summed E-state index contributed by atoms with van der Waals surface area (Å²) in [5.74, 6) is 2.51. The number of anilines is 1. The van der Waals surface area contributed by atoms with Crippen LogP contribution in [0.2, 0.25) is 0 Å². The Kier molecular flexibility index (Phi) is 4.62.